The monoisotopic (exact) mass is 506 g/mol. The molecule has 4 rings (SSSR count). The molecule has 1 spiro atoms. The highest BCUT2D eigenvalue weighted by molar-refractivity contribution is 6.04. The van der Waals surface area contributed by atoms with E-state index in [9.17, 15) is 29.4 Å². The van der Waals surface area contributed by atoms with Gasteiger partial charge in [-0.1, -0.05) is 32.3 Å². The van der Waals surface area contributed by atoms with Crippen molar-refractivity contribution in [1.82, 2.24) is 0 Å². The summed E-state index contributed by atoms with van der Waals surface area (Å²) in [6.45, 7) is 2.09. The van der Waals surface area contributed by atoms with Gasteiger partial charge in [0, 0.05) is 18.9 Å². The van der Waals surface area contributed by atoms with E-state index in [1.807, 2.05) is 0 Å². The van der Waals surface area contributed by atoms with Gasteiger partial charge in [-0.3, -0.25) is 9.59 Å². The van der Waals surface area contributed by atoms with Crippen LogP contribution >= 0.6 is 0 Å². The Labute approximate surface area is 209 Å². The fourth-order valence-corrected chi connectivity index (χ4v) is 6.40. The Hall–Kier alpha value is -2.72. The van der Waals surface area contributed by atoms with Gasteiger partial charge in [-0.15, -0.1) is 0 Å². The highest BCUT2D eigenvalue weighted by atomic mass is 16.6. The third-order valence-corrected chi connectivity index (χ3v) is 8.07. The molecule has 0 aromatic carbocycles. The molecule has 3 heterocycles. The summed E-state index contributed by atoms with van der Waals surface area (Å²) in [5.74, 6) is -3.73. The Morgan fingerprint density at radius 3 is 2.56 bits per heavy atom. The lowest BCUT2D eigenvalue weighted by Gasteiger charge is -2.37. The van der Waals surface area contributed by atoms with Crippen molar-refractivity contribution in [2.45, 2.75) is 89.3 Å². The zero-order valence-corrected chi connectivity index (χ0v) is 20.6. The lowest BCUT2D eigenvalue weighted by Crippen LogP contribution is -2.50. The van der Waals surface area contributed by atoms with Crippen molar-refractivity contribution in [2.75, 3.05) is 7.11 Å². The summed E-state index contributed by atoms with van der Waals surface area (Å²) in [5.41, 5.74) is -3.48. The number of esters is 4. The molecule has 198 valence electrons. The van der Waals surface area contributed by atoms with Crippen LogP contribution in [0.2, 0.25) is 0 Å². The number of rotatable bonds is 9. The van der Waals surface area contributed by atoms with E-state index >= 15 is 0 Å². The molecule has 7 atom stereocenters. The minimum absolute atomic E-state index is 0.00359. The van der Waals surface area contributed by atoms with Crippen molar-refractivity contribution < 1.29 is 48.3 Å². The predicted octanol–water partition coefficient (Wildman–Crippen LogP) is 1.86. The second kappa shape index (κ2) is 10.3. The molecule has 0 amide bonds. The summed E-state index contributed by atoms with van der Waals surface area (Å²) >= 11 is 0. The Kier molecular flexibility index (Phi) is 7.56. The van der Waals surface area contributed by atoms with Crippen LogP contribution in [0, 0.1) is 16.7 Å². The van der Waals surface area contributed by atoms with Gasteiger partial charge in [0.05, 0.1) is 24.2 Å². The molecule has 0 aromatic heterocycles. The first-order valence-electron chi connectivity index (χ1n) is 12.6. The Balaban J connectivity index is 1.73. The van der Waals surface area contributed by atoms with E-state index in [0.29, 0.717) is 6.42 Å². The summed E-state index contributed by atoms with van der Waals surface area (Å²) in [7, 11) is 1.16. The molecule has 2 N–H and O–H groups in total. The van der Waals surface area contributed by atoms with Gasteiger partial charge in [-0.2, -0.15) is 0 Å². The highest BCUT2D eigenvalue weighted by Crippen LogP contribution is 2.66. The van der Waals surface area contributed by atoms with E-state index in [1.54, 1.807) is 12.2 Å². The average Bonchev–Trinajstić information content (AvgIpc) is 3.49. The Morgan fingerprint density at radius 2 is 1.92 bits per heavy atom. The van der Waals surface area contributed by atoms with Gasteiger partial charge in [0.15, 0.2) is 0 Å². The number of aliphatic hydroxyl groups is 2. The zero-order chi connectivity index (χ0) is 26.1. The van der Waals surface area contributed by atoms with E-state index < -0.39 is 65.2 Å². The summed E-state index contributed by atoms with van der Waals surface area (Å²) < 4.78 is 21.1. The van der Waals surface area contributed by atoms with Crippen molar-refractivity contribution in [3.63, 3.8) is 0 Å². The van der Waals surface area contributed by atoms with Gasteiger partial charge >= 0.3 is 23.9 Å². The molecule has 0 bridgehead atoms. The van der Waals surface area contributed by atoms with Gasteiger partial charge in [0.1, 0.15) is 17.6 Å². The molecular formula is C26H34O10. The molecular weight excluding hydrogens is 472 g/mol. The van der Waals surface area contributed by atoms with Crippen molar-refractivity contribution >= 4 is 23.9 Å². The predicted molar refractivity (Wildman–Crippen MR) is 123 cm³/mol. The third-order valence-electron chi connectivity index (χ3n) is 8.07. The van der Waals surface area contributed by atoms with Gasteiger partial charge < -0.3 is 29.2 Å². The number of aliphatic hydroxyl groups excluding tert-OH is 2. The van der Waals surface area contributed by atoms with Gasteiger partial charge in [-0.05, 0) is 37.7 Å². The lowest BCUT2D eigenvalue weighted by atomic mass is 9.60. The number of methoxy groups -OCH3 is 1. The number of ether oxygens (including phenoxy) is 4. The standard InChI is InChI=1S/C26H34O10/c1-3-4-5-6-8-16-11-17(22(30)34-16)26(24(32)33-2)13-15(12-25(26)14-20(28)36-23(25)31)21(29)18-9-7-10-19(27)35-18/h7,10-11,15-16,18,20-21,28-29H,3-6,8-9,12-14H2,1-2H3/t15-,16-,18+,20+,21+,25+,26-/m0/s1. The fraction of sp³-hybridized carbons (Fsp3) is 0.692. The van der Waals surface area contributed by atoms with E-state index in [1.165, 1.54) is 6.08 Å². The molecule has 1 saturated heterocycles. The lowest BCUT2D eigenvalue weighted by molar-refractivity contribution is -0.169. The first-order chi connectivity index (χ1) is 17.2. The van der Waals surface area contributed by atoms with E-state index in [-0.39, 0.29) is 31.3 Å². The molecule has 10 nitrogen and oxygen atoms in total. The van der Waals surface area contributed by atoms with Crippen molar-refractivity contribution in [2.24, 2.45) is 16.7 Å². The number of carbonyl (C=O) groups is 4. The maximum atomic E-state index is 13.5. The smallest absolute Gasteiger partial charge is 0.335 e. The minimum Gasteiger partial charge on any atom is -0.468 e. The SMILES string of the molecule is CCCCCC[C@H]1C=C([C@]2(C(=O)OC)C[C@@H]([C@@H](O)[C@H]3CC=CC(=O)O3)C[C@]23C[C@H](O)OC3=O)C(=O)O1. The fourth-order valence-electron chi connectivity index (χ4n) is 6.40. The second-order valence-corrected chi connectivity index (χ2v) is 10.2. The zero-order valence-electron chi connectivity index (χ0n) is 20.6. The summed E-state index contributed by atoms with van der Waals surface area (Å²) in [6.07, 6.45) is 4.60. The van der Waals surface area contributed by atoms with Crippen LogP contribution in [-0.2, 0) is 38.1 Å². The van der Waals surface area contributed by atoms with E-state index in [4.69, 9.17) is 18.9 Å². The Bertz CT molecular complexity index is 970. The summed E-state index contributed by atoms with van der Waals surface area (Å²) in [6, 6.07) is 0. The Morgan fingerprint density at radius 1 is 1.14 bits per heavy atom. The highest BCUT2D eigenvalue weighted by Gasteiger charge is 2.74. The largest absolute Gasteiger partial charge is 0.468 e. The van der Waals surface area contributed by atoms with Crippen molar-refractivity contribution in [1.29, 1.82) is 0 Å². The summed E-state index contributed by atoms with van der Waals surface area (Å²) in [5, 5.41) is 21.5. The maximum Gasteiger partial charge on any atom is 0.335 e. The van der Waals surface area contributed by atoms with Crippen LogP contribution in [0.15, 0.2) is 23.8 Å². The van der Waals surface area contributed by atoms with Crippen LogP contribution in [0.25, 0.3) is 0 Å². The number of hydrogen-bond acceptors (Lipinski definition) is 10. The number of hydrogen-bond donors (Lipinski definition) is 2. The molecule has 1 aliphatic carbocycles. The average molecular weight is 507 g/mol. The van der Waals surface area contributed by atoms with Crippen LogP contribution in [-0.4, -0.2) is 65.8 Å². The number of carbonyl (C=O) groups excluding carboxylic acids is 4. The molecule has 0 radical (unpaired) electrons. The normalized spacial score (nSPS) is 36.4. The van der Waals surface area contributed by atoms with Crippen LogP contribution in [0.1, 0.15) is 64.7 Å². The number of cyclic esters (lactones) is 3. The first-order valence-corrected chi connectivity index (χ1v) is 12.6. The molecule has 10 heteroatoms. The van der Waals surface area contributed by atoms with Crippen LogP contribution < -0.4 is 0 Å². The van der Waals surface area contributed by atoms with Crippen molar-refractivity contribution in [3.05, 3.63) is 23.8 Å². The van der Waals surface area contributed by atoms with Gasteiger partial charge in [-0.25, -0.2) is 9.59 Å². The molecule has 0 aromatic rings. The third kappa shape index (κ3) is 4.34. The van der Waals surface area contributed by atoms with E-state index in [0.717, 1.165) is 32.8 Å². The van der Waals surface area contributed by atoms with Crippen LogP contribution in [0.4, 0.5) is 0 Å². The molecule has 0 unspecified atom stereocenters. The number of unbranched alkanes of at least 4 members (excludes halogenated alkanes) is 3. The first kappa shape index (κ1) is 26.3. The van der Waals surface area contributed by atoms with E-state index in [2.05, 4.69) is 6.92 Å². The molecule has 3 aliphatic heterocycles. The molecule has 1 saturated carbocycles. The van der Waals surface area contributed by atoms with Crippen molar-refractivity contribution in [3.8, 4) is 0 Å². The van der Waals surface area contributed by atoms with Gasteiger partial charge in [0.2, 0.25) is 6.29 Å². The minimum atomic E-state index is -1.83. The molecule has 2 fully saturated rings. The second-order valence-electron chi connectivity index (χ2n) is 10.2. The van der Waals surface area contributed by atoms with Crippen LogP contribution in [0.5, 0.6) is 0 Å². The van der Waals surface area contributed by atoms with Crippen LogP contribution in [0.3, 0.4) is 0 Å². The molecule has 4 aliphatic rings. The maximum absolute atomic E-state index is 13.5. The topological polar surface area (TPSA) is 146 Å². The summed E-state index contributed by atoms with van der Waals surface area (Å²) in [4.78, 5) is 51.8. The van der Waals surface area contributed by atoms with Gasteiger partial charge in [0.25, 0.3) is 0 Å². The molecule has 36 heavy (non-hydrogen) atoms. The quantitative estimate of drug-likeness (QED) is 0.270.